The molecule has 2 heterocycles. The topological polar surface area (TPSA) is 80.8 Å². The van der Waals surface area contributed by atoms with Gasteiger partial charge < -0.3 is 4.74 Å². The number of ether oxygens (including phenoxy) is 1. The monoisotopic (exact) mass is 445 g/mol. The number of amides is 1. The van der Waals surface area contributed by atoms with Crippen molar-refractivity contribution in [3.63, 3.8) is 0 Å². The first-order chi connectivity index (χ1) is 14.5. The van der Waals surface area contributed by atoms with Crippen LogP contribution in [0.3, 0.4) is 0 Å². The summed E-state index contributed by atoms with van der Waals surface area (Å²) in [5.74, 6) is -0.374. The average molecular weight is 446 g/mol. The van der Waals surface area contributed by atoms with E-state index in [9.17, 15) is 22.4 Å². The third-order valence-electron chi connectivity index (χ3n) is 5.75. The number of hydrogen-bond donors (Lipinski definition) is 0. The minimum Gasteiger partial charge on any atom is -0.461 e. The molecule has 2 aromatic rings. The van der Waals surface area contributed by atoms with Crippen LogP contribution in [0, 0.1) is 5.41 Å². The number of rotatable bonds is 6. The summed E-state index contributed by atoms with van der Waals surface area (Å²) in [6, 6.07) is 11.8. The van der Waals surface area contributed by atoms with Crippen molar-refractivity contribution in [3.8, 4) is 5.75 Å². The maximum atomic E-state index is 13.2. The maximum Gasteiger partial charge on any atom is 0.238 e. The summed E-state index contributed by atoms with van der Waals surface area (Å²) in [7, 11) is -3.03. The van der Waals surface area contributed by atoms with E-state index in [4.69, 9.17) is 4.74 Å². The predicted octanol–water partition coefficient (Wildman–Crippen LogP) is 4.17. The summed E-state index contributed by atoms with van der Waals surface area (Å²) in [5, 5.41) is 0. The maximum absolute atomic E-state index is 13.2. The summed E-state index contributed by atoms with van der Waals surface area (Å²) in [6.07, 6.45) is -1.32. The van der Waals surface area contributed by atoms with E-state index in [0.29, 0.717) is 22.7 Å². The van der Waals surface area contributed by atoms with Crippen molar-refractivity contribution in [2.24, 2.45) is 5.41 Å². The fourth-order valence-corrected chi connectivity index (χ4v) is 6.73. The first kappa shape index (κ1) is 21.5. The largest absolute Gasteiger partial charge is 0.461 e. The Hall–Kier alpha value is -2.74. The molecule has 1 saturated heterocycles. The Kier molecular flexibility index (Phi) is 5.16. The molecule has 4 rings (SSSR count). The van der Waals surface area contributed by atoms with Gasteiger partial charge in [0.1, 0.15) is 5.75 Å². The van der Waals surface area contributed by atoms with Crippen molar-refractivity contribution >= 4 is 32.9 Å². The highest BCUT2D eigenvalue weighted by molar-refractivity contribution is 7.92. The van der Waals surface area contributed by atoms with Crippen molar-refractivity contribution in [2.45, 2.75) is 39.5 Å². The smallest absolute Gasteiger partial charge is 0.238 e. The number of Topliss-reactive ketones (excluding diaryl/α,β-unsaturated/α-hetero) is 1. The second-order valence-corrected chi connectivity index (χ2v) is 10.8. The lowest BCUT2D eigenvalue weighted by Crippen LogP contribution is -2.47. The van der Waals surface area contributed by atoms with Crippen LogP contribution in [-0.4, -0.2) is 38.0 Å². The highest BCUT2D eigenvalue weighted by Crippen LogP contribution is 2.43. The van der Waals surface area contributed by atoms with Crippen LogP contribution in [0.25, 0.3) is 0 Å². The van der Waals surface area contributed by atoms with E-state index in [2.05, 4.69) is 0 Å². The van der Waals surface area contributed by atoms with Crippen molar-refractivity contribution in [1.29, 1.82) is 0 Å². The van der Waals surface area contributed by atoms with Gasteiger partial charge in [-0.2, -0.15) is 0 Å². The number of sulfone groups is 1. The molecule has 164 valence electrons. The SMILES string of the molecule is CC(F)Oc1cccc(N2C(=O)C(C)c3cc(C(=O)CC4(C)CS(=O)(=O)C4)ccc32)c1. The Morgan fingerprint density at radius 3 is 2.61 bits per heavy atom. The van der Waals surface area contributed by atoms with E-state index >= 15 is 0 Å². The summed E-state index contributed by atoms with van der Waals surface area (Å²) in [6.45, 7) is 4.86. The number of anilines is 2. The highest BCUT2D eigenvalue weighted by Gasteiger charge is 2.46. The molecule has 0 N–H and O–H groups in total. The molecule has 2 atom stereocenters. The minimum absolute atomic E-state index is 0.0231. The zero-order chi connectivity index (χ0) is 22.6. The molecule has 0 radical (unpaired) electrons. The van der Waals surface area contributed by atoms with E-state index in [-0.39, 0.29) is 29.6 Å². The van der Waals surface area contributed by atoms with Crippen LogP contribution in [-0.2, 0) is 14.6 Å². The number of hydrogen-bond acceptors (Lipinski definition) is 5. The molecule has 0 aliphatic carbocycles. The standard InChI is InChI=1S/C23H24FNO5S/c1-14-19-9-16(21(26)11-23(3)12-31(28,29)13-23)7-8-20(19)25(22(14)27)17-5-4-6-18(10-17)30-15(2)24/h4-10,14-15H,11-13H2,1-3H3. The molecule has 31 heavy (non-hydrogen) atoms. The Morgan fingerprint density at radius 2 is 1.97 bits per heavy atom. The van der Waals surface area contributed by atoms with Crippen molar-refractivity contribution in [3.05, 3.63) is 53.6 Å². The Bertz CT molecular complexity index is 1160. The van der Waals surface area contributed by atoms with Crippen LogP contribution >= 0.6 is 0 Å². The number of benzene rings is 2. The first-order valence-corrected chi connectivity index (χ1v) is 11.9. The van der Waals surface area contributed by atoms with Gasteiger partial charge in [0.2, 0.25) is 12.3 Å². The molecule has 1 amide bonds. The van der Waals surface area contributed by atoms with Crippen LogP contribution in [0.5, 0.6) is 5.75 Å². The number of fused-ring (bicyclic) bond motifs is 1. The Morgan fingerprint density at radius 1 is 1.26 bits per heavy atom. The molecule has 2 unspecified atom stereocenters. The van der Waals surface area contributed by atoms with Gasteiger partial charge in [0.05, 0.1) is 28.8 Å². The predicted molar refractivity (Wildman–Crippen MR) is 115 cm³/mol. The number of carbonyl (C=O) groups is 2. The fourth-order valence-electron chi connectivity index (χ4n) is 4.48. The summed E-state index contributed by atoms with van der Waals surface area (Å²) in [5.41, 5.74) is 1.88. The lowest BCUT2D eigenvalue weighted by atomic mass is 9.86. The summed E-state index contributed by atoms with van der Waals surface area (Å²) < 4.78 is 41.4. The molecule has 1 fully saturated rings. The zero-order valence-electron chi connectivity index (χ0n) is 17.6. The Balaban J connectivity index is 1.61. The number of nitrogens with zero attached hydrogens (tertiary/aromatic N) is 1. The fraction of sp³-hybridized carbons (Fsp3) is 0.391. The molecule has 2 aromatic carbocycles. The van der Waals surface area contributed by atoms with E-state index < -0.39 is 27.5 Å². The molecule has 0 saturated carbocycles. The van der Waals surface area contributed by atoms with Gasteiger partial charge in [-0.15, -0.1) is 0 Å². The zero-order valence-corrected chi connectivity index (χ0v) is 18.4. The van der Waals surface area contributed by atoms with Gasteiger partial charge in [-0.3, -0.25) is 14.5 Å². The molecule has 0 bridgehead atoms. The van der Waals surface area contributed by atoms with Crippen LogP contribution < -0.4 is 9.64 Å². The highest BCUT2D eigenvalue weighted by atomic mass is 32.2. The third kappa shape index (κ3) is 4.08. The number of alkyl halides is 1. The van der Waals surface area contributed by atoms with Gasteiger partial charge in [-0.05, 0) is 42.8 Å². The van der Waals surface area contributed by atoms with Crippen molar-refractivity contribution in [2.75, 3.05) is 16.4 Å². The molecule has 0 spiro atoms. The molecule has 6 nitrogen and oxygen atoms in total. The average Bonchev–Trinajstić information content (AvgIpc) is 2.89. The lowest BCUT2D eigenvalue weighted by molar-refractivity contribution is -0.118. The number of halogens is 1. The van der Waals surface area contributed by atoms with Gasteiger partial charge in [0.15, 0.2) is 15.6 Å². The molecule has 2 aliphatic heterocycles. The van der Waals surface area contributed by atoms with Crippen LogP contribution in [0.4, 0.5) is 15.8 Å². The van der Waals surface area contributed by atoms with Gasteiger partial charge >= 0.3 is 0 Å². The van der Waals surface area contributed by atoms with Crippen LogP contribution in [0.15, 0.2) is 42.5 Å². The number of ketones is 1. The molecular weight excluding hydrogens is 421 g/mol. The van der Waals surface area contributed by atoms with Gasteiger partial charge in [-0.1, -0.05) is 13.0 Å². The number of carbonyl (C=O) groups excluding carboxylic acids is 2. The van der Waals surface area contributed by atoms with E-state index in [1.54, 1.807) is 61.2 Å². The third-order valence-corrected chi connectivity index (χ3v) is 8.02. The Labute approximate surface area is 180 Å². The van der Waals surface area contributed by atoms with Gasteiger partial charge in [-0.25, -0.2) is 12.8 Å². The van der Waals surface area contributed by atoms with Gasteiger partial charge in [0.25, 0.3) is 0 Å². The second kappa shape index (κ2) is 7.44. The normalized spacial score (nSPS) is 21.9. The van der Waals surface area contributed by atoms with E-state index in [1.807, 2.05) is 0 Å². The molecular formula is C23H24FNO5S. The molecule has 8 heteroatoms. The van der Waals surface area contributed by atoms with Crippen molar-refractivity contribution < 1.29 is 27.1 Å². The van der Waals surface area contributed by atoms with E-state index in [1.165, 1.54) is 6.92 Å². The summed E-state index contributed by atoms with van der Waals surface area (Å²) >= 11 is 0. The van der Waals surface area contributed by atoms with Crippen LogP contribution in [0.1, 0.15) is 49.0 Å². The summed E-state index contributed by atoms with van der Waals surface area (Å²) in [4.78, 5) is 27.3. The van der Waals surface area contributed by atoms with Crippen molar-refractivity contribution in [1.82, 2.24) is 0 Å². The lowest BCUT2D eigenvalue weighted by Gasteiger charge is -2.37. The van der Waals surface area contributed by atoms with E-state index in [0.717, 1.165) is 5.56 Å². The first-order valence-electron chi connectivity index (χ1n) is 10.1. The molecule has 2 aliphatic rings. The van der Waals surface area contributed by atoms with Gasteiger partial charge in [0, 0.05) is 30.4 Å². The minimum atomic E-state index is -3.03. The molecule has 0 aromatic heterocycles. The second-order valence-electron chi connectivity index (χ2n) is 8.77. The quantitative estimate of drug-likeness (QED) is 0.624. The van der Waals surface area contributed by atoms with Crippen LogP contribution in [0.2, 0.25) is 0 Å².